The van der Waals surface area contributed by atoms with E-state index in [1.165, 1.54) is 6.08 Å². The van der Waals surface area contributed by atoms with E-state index in [1.807, 2.05) is 44.2 Å². The van der Waals surface area contributed by atoms with Crippen LogP contribution in [0.4, 0.5) is 0 Å². The van der Waals surface area contributed by atoms with Crippen LogP contribution in [0.1, 0.15) is 30.9 Å². The number of methoxy groups -OCH3 is 1. The third-order valence-electron chi connectivity index (χ3n) is 4.13. The van der Waals surface area contributed by atoms with E-state index in [1.54, 1.807) is 42.7 Å². The van der Waals surface area contributed by atoms with E-state index in [-0.39, 0.29) is 12.0 Å². The van der Waals surface area contributed by atoms with Gasteiger partial charge in [0.05, 0.1) is 38.8 Å². The number of nitrogens with zero attached hydrogens (tertiary/aromatic N) is 1. The summed E-state index contributed by atoms with van der Waals surface area (Å²) in [6.45, 7) is 4.61. The normalized spacial score (nSPS) is 11.2. The molecule has 29 heavy (non-hydrogen) atoms. The lowest BCUT2D eigenvalue weighted by atomic mass is 10.1. The SMILES string of the molecule is COc1cc(/C=C/C(=O)N(Cc2ccco2)Cc2ccco2)ccc1OC(C)C. The predicted octanol–water partition coefficient (Wildman–Crippen LogP) is 4.91. The minimum atomic E-state index is -0.153. The number of benzene rings is 1. The molecule has 0 bridgehead atoms. The molecule has 1 amide bonds. The van der Waals surface area contributed by atoms with Crippen molar-refractivity contribution < 1.29 is 23.1 Å². The van der Waals surface area contributed by atoms with Gasteiger partial charge < -0.3 is 23.2 Å². The van der Waals surface area contributed by atoms with Crippen molar-refractivity contribution in [3.63, 3.8) is 0 Å². The zero-order valence-corrected chi connectivity index (χ0v) is 16.8. The molecule has 0 spiro atoms. The second-order valence-electron chi connectivity index (χ2n) is 6.76. The summed E-state index contributed by atoms with van der Waals surface area (Å²) in [4.78, 5) is 14.5. The molecule has 1 aromatic carbocycles. The standard InChI is InChI=1S/C23H25NO5/c1-17(2)29-21-10-8-18(14-22(21)26-3)9-11-23(25)24(15-19-6-4-12-27-19)16-20-7-5-13-28-20/h4-14,17H,15-16H2,1-3H3/b11-9+. The van der Waals surface area contributed by atoms with Gasteiger partial charge in [0.2, 0.25) is 5.91 Å². The van der Waals surface area contributed by atoms with Crippen LogP contribution >= 0.6 is 0 Å². The highest BCUT2D eigenvalue weighted by Crippen LogP contribution is 2.29. The number of carbonyl (C=O) groups excluding carboxylic acids is 1. The molecule has 0 aliphatic heterocycles. The third-order valence-corrected chi connectivity index (χ3v) is 4.13. The molecular weight excluding hydrogens is 370 g/mol. The summed E-state index contributed by atoms with van der Waals surface area (Å²) in [6.07, 6.45) is 6.51. The molecule has 0 saturated heterocycles. The fraction of sp³-hybridized carbons (Fsp3) is 0.261. The molecule has 152 valence electrons. The van der Waals surface area contributed by atoms with Crippen LogP contribution in [0.2, 0.25) is 0 Å². The van der Waals surface area contributed by atoms with Crippen molar-refractivity contribution in [1.82, 2.24) is 4.90 Å². The molecule has 2 heterocycles. The van der Waals surface area contributed by atoms with Gasteiger partial charge in [0.25, 0.3) is 0 Å². The first kappa shape index (κ1) is 20.3. The summed E-state index contributed by atoms with van der Waals surface area (Å²) < 4.78 is 21.9. The first-order valence-corrected chi connectivity index (χ1v) is 9.41. The first-order valence-electron chi connectivity index (χ1n) is 9.41. The van der Waals surface area contributed by atoms with Gasteiger partial charge in [0.15, 0.2) is 11.5 Å². The molecule has 0 aliphatic carbocycles. The molecule has 0 aliphatic rings. The molecule has 0 radical (unpaired) electrons. The number of carbonyl (C=O) groups is 1. The van der Waals surface area contributed by atoms with Gasteiger partial charge in [-0.05, 0) is 61.9 Å². The number of amides is 1. The van der Waals surface area contributed by atoms with Crippen molar-refractivity contribution >= 4 is 12.0 Å². The van der Waals surface area contributed by atoms with Crippen molar-refractivity contribution in [1.29, 1.82) is 0 Å². The number of hydrogen-bond acceptors (Lipinski definition) is 5. The van der Waals surface area contributed by atoms with Crippen LogP contribution in [-0.2, 0) is 17.9 Å². The Hall–Kier alpha value is -3.41. The Labute approximate surface area is 170 Å². The van der Waals surface area contributed by atoms with Gasteiger partial charge in [-0.2, -0.15) is 0 Å². The van der Waals surface area contributed by atoms with Crippen molar-refractivity contribution in [2.75, 3.05) is 7.11 Å². The van der Waals surface area contributed by atoms with Crippen molar-refractivity contribution in [3.05, 3.63) is 78.2 Å². The number of ether oxygens (including phenoxy) is 2. The Bertz CT molecular complexity index is 890. The van der Waals surface area contributed by atoms with Crippen LogP contribution < -0.4 is 9.47 Å². The fourth-order valence-electron chi connectivity index (χ4n) is 2.81. The molecule has 3 aromatic rings. The van der Waals surface area contributed by atoms with E-state index in [4.69, 9.17) is 18.3 Å². The zero-order valence-electron chi connectivity index (χ0n) is 16.8. The average molecular weight is 395 g/mol. The summed E-state index contributed by atoms with van der Waals surface area (Å²) in [5.41, 5.74) is 0.835. The summed E-state index contributed by atoms with van der Waals surface area (Å²) in [7, 11) is 1.59. The van der Waals surface area contributed by atoms with Gasteiger partial charge in [-0.25, -0.2) is 0 Å². The first-order chi connectivity index (χ1) is 14.0. The lowest BCUT2D eigenvalue weighted by Gasteiger charge is -2.19. The lowest BCUT2D eigenvalue weighted by molar-refractivity contribution is -0.127. The largest absolute Gasteiger partial charge is 0.493 e. The van der Waals surface area contributed by atoms with Gasteiger partial charge in [0.1, 0.15) is 11.5 Å². The smallest absolute Gasteiger partial charge is 0.247 e. The lowest BCUT2D eigenvalue weighted by Crippen LogP contribution is -2.28. The van der Waals surface area contributed by atoms with Crippen LogP contribution in [0.3, 0.4) is 0 Å². The van der Waals surface area contributed by atoms with Crippen LogP contribution in [0.5, 0.6) is 11.5 Å². The van der Waals surface area contributed by atoms with E-state index in [0.29, 0.717) is 36.1 Å². The van der Waals surface area contributed by atoms with Gasteiger partial charge in [-0.1, -0.05) is 6.07 Å². The summed E-state index contributed by atoms with van der Waals surface area (Å²) in [6, 6.07) is 12.8. The van der Waals surface area contributed by atoms with Crippen LogP contribution in [0, 0.1) is 0 Å². The maximum atomic E-state index is 12.8. The minimum absolute atomic E-state index is 0.0450. The van der Waals surface area contributed by atoms with Crippen LogP contribution in [0.25, 0.3) is 6.08 Å². The molecular formula is C23H25NO5. The molecule has 6 nitrogen and oxygen atoms in total. The van der Waals surface area contributed by atoms with Gasteiger partial charge >= 0.3 is 0 Å². The second-order valence-corrected chi connectivity index (χ2v) is 6.76. The maximum absolute atomic E-state index is 12.8. The number of furan rings is 2. The van der Waals surface area contributed by atoms with E-state index in [0.717, 1.165) is 5.56 Å². The topological polar surface area (TPSA) is 65.0 Å². The predicted molar refractivity (Wildman–Crippen MR) is 109 cm³/mol. The van der Waals surface area contributed by atoms with Crippen LogP contribution in [0.15, 0.2) is 69.9 Å². The quantitative estimate of drug-likeness (QED) is 0.482. The molecule has 0 unspecified atom stereocenters. The van der Waals surface area contributed by atoms with E-state index < -0.39 is 0 Å². The molecule has 3 rings (SSSR count). The Morgan fingerprint density at radius 1 is 1.03 bits per heavy atom. The Morgan fingerprint density at radius 3 is 2.21 bits per heavy atom. The highest BCUT2D eigenvalue weighted by molar-refractivity contribution is 5.91. The number of rotatable bonds is 9. The van der Waals surface area contributed by atoms with Gasteiger partial charge in [0, 0.05) is 6.08 Å². The molecule has 0 saturated carbocycles. The summed E-state index contributed by atoms with van der Waals surface area (Å²) in [5, 5.41) is 0. The zero-order chi connectivity index (χ0) is 20.6. The monoisotopic (exact) mass is 395 g/mol. The molecule has 0 fully saturated rings. The Kier molecular flexibility index (Phi) is 6.79. The summed E-state index contributed by atoms with van der Waals surface area (Å²) >= 11 is 0. The Balaban J connectivity index is 1.74. The highest BCUT2D eigenvalue weighted by Gasteiger charge is 2.15. The van der Waals surface area contributed by atoms with Gasteiger partial charge in [-0.3, -0.25) is 4.79 Å². The van der Waals surface area contributed by atoms with E-state index in [2.05, 4.69) is 0 Å². The maximum Gasteiger partial charge on any atom is 0.247 e. The fourth-order valence-corrected chi connectivity index (χ4v) is 2.81. The Morgan fingerprint density at radius 2 is 1.69 bits per heavy atom. The molecule has 0 N–H and O–H groups in total. The third kappa shape index (κ3) is 5.78. The molecule has 6 heteroatoms. The molecule has 0 atom stereocenters. The van der Waals surface area contributed by atoms with Crippen molar-refractivity contribution in [2.45, 2.75) is 33.0 Å². The second kappa shape index (κ2) is 9.68. The van der Waals surface area contributed by atoms with E-state index in [9.17, 15) is 4.79 Å². The van der Waals surface area contributed by atoms with Crippen LogP contribution in [-0.4, -0.2) is 24.0 Å². The summed E-state index contributed by atoms with van der Waals surface area (Å²) in [5.74, 6) is 2.55. The average Bonchev–Trinajstić information content (AvgIpc) is 3.40. The minimum Gasteiger partial charge on any atom is -0.493 e. The highest BCUT2D eigenvalue weighted by atomic mass is 16.5. The van der Waals surface area contributed by atoms with E-state index >= 15 is 0 Å². The van der Waals surface area contributed by atoms with Crippen molar-refractivity contribution in [3.8, 4) is 11.5 Å². The van der Waals surface area contributed by atoms with Crippen molar-refractivity contribution in [2.24, 2.45) is 0 Å². The number of hydrogen-bond donors (Lipinski definition) is 0. The van der Waals surface area contributed by atoms with Gasteiger partial charge in [-0.15, -0.1) is 0 Å². The molecule has 2 aromatic heterocycles.